The van der Waals surface area contributed by atoms with E-state index in [2.05, 4.69) is 31.0 Å². The molecular formula is C13H25ClN2O. The minimum atomic E-state index is 0. The normalized spacial score (nSPS) is 26.6. The van der Waals surface area contributed by atoms with Gasteiger partial charge in [-0.05, 0) is 37.8 Å². The van der Waals surface area contributed by atoms with Crippen LogP contribution in [0.5, 0.6) is 0 Å². The summed E-state index contributed by atoms with van der Waals surface area (Å²) in [4.78, 5) is 14.5. The molecule has 3 nitrogen and oxygen atoms in total. The van der Waals surface area contributed by atoms with Crippen LogP contribution < -0.4 is 5.32 Å². The van der Waals surface area contributed by atoms with Gasteiger partial charge in [-0.3, -0.25) is 4.79 Å². The van der Waals surface area contributed by atoms with E-state index in [-0.39, 0.29) is 18.3 Å². The zero-order chi connectivity index (χ0) is 11.7. The van der Waals surface area contributed by atoms with Crippen molar-refractivity contribution in [3.8, 4) is 0 Å². The van der Waals surface area contributed by atoms with E-state index in [4.69, 9.17) is 0 Å². The lowest BCUT2D eigenvalue weighted by Gasteiger charge is -2.36. The van der Waals surface area contributed by atoms with Gasteiger partial charge in [0.2, 0.25) is 5.91 Å². The van der Waals surface area contributed by atoms with E-state index in [1.165, 1.54) is 12.8 Å². The Kier molecular flexibility index (Phi) is 5.26. The maximum absolute atomic E-state index is 12.4. The van der Waals surface area contributed by atoms with E-state index in [1.54, 1.807) is 0 Å². The van der Waals surface area contributed by atoms with Crippen molar-refractivity contribution < 1.29 is 4.79 Å². The second kappa shape index (κ2) is 6.05. The Morgan fingerprint density at radius 3 is 2.41 bits per heavy atom. The Morgan fingerprint density at radius 2 is 1.94 bits per heavy atom. The summed E-state index contributed by atoms with van der Waals surface area (Å²) in [5.74, 6) is 1.77. The van der Waals surface area contributed by atoms with E-state index >= 15 is 0 Å². The lowest BCUT2D eigenvalue weighted by molar-refractivity contribution is -0.139. The zero-order valence-electron chi connectivity index (χ0n) is 11.1. The highest BCUT2D eigenvalue weighted by atomic mass is 35.5. The molecule has 4 heteroatoms. The summed E-state index contributed by atoms with van der Waals surface area (Å²) >= 11 is 0. The molecule has 100 valence electrons. The second-order valence-electron chi connectivity index (χ2n) is 5.69. The molecule has 2 heterocycles. The number of nitrogens with one attached hydrogen (secondary N) is 1. The fourth-order valence-corrected chi connectivity index (χ4v) is 2.89. The number of hydrogen-bond donors (Lipinski definition) is 1. The molecule has 0 aliphatic carbocycles. The van der Waals surface area contributed by atoms with Crippen molar-refractivity contribution >= 4 is 18.3 Å². The molecule has 0 radical (unpaired) electrons. The molecule has 2 rings (SSSR count). The summed E-state index contributed by atoms with van der Waals surface area (Å²) in [6, 6.07) is 0.489. The molecule has 2 unspecified atom stereocenters. The van der Waals surface area contributed by atoms with Gasteiger partial charge in [0, 0.05) is 18.5 Å². The number of halogens is 1. The fraction of sp³-hybridized carbons (Fsp3) is 0.923. The van der Waals surface area contributed by atoms with Crippen LogP contribution in [-0.4, -0.2) is 36.5 Å². The van der Waals surface area contributed by atoms with Gasteiger partial charge < -0.3 is 10.2 Å². The molecular weight excluding hydrogens is 236 g/mol. The summed E-state index contributed by atoms with van der Waals surface area (Å²) in [6.07, 6.45) is 2.38. The predicted molar refractivity (Wildman–Crippen MR) is 72.3 cm³/mol. The first-order valence-electron chi connectivity index (χ1n) is 6.62. The number of likely N-dealkylation sites (tertiary alicyclic amines) is 1. The number of carbonyl (C=O) groups excluding carboxylic acids is 1. The number of carbonyl (C=O) groups is 1. The topological polar surface area (TPSA) is 32.3 Å². The minimum Gasteiger partial charge on any atom is -0.339 e. The standard InChI is InChI=1S/C13H24N2O.ClH/c1-9(2)12-5-4-6-15(12)13(16)10(3)11-7-14-8-11;/h9-12,14H,4-8H2,1-3H3;1H. The van der Waals surface area contributed by atoms with Gasteiger partial charge in [-0.15, -0.1) is 12.4 Å². The van der Waals surface area contributed by atoms with Crippen molar-refractivity contribution in [2.45, 2.75) is 39.7 Å². The van der Waals surface area contributed by atoms with Crippen LogP contribution in [0.2, 0.25) is 0 Å². The first-order valence-corrected chi connectivity index (χ1v) is 6.62. The first kappa shape index (κ1) is 14.8. The number of nitrogens with zero attached hydrogens (tertiary/aromatic N) is 1. The molecule has 0 bridgehead atoms. The average Bonchev–Trinajstić information content (AvgIpc) is 2.61. The van der Waals surface area contributed by atoms with Crippen LogP contribution in [0.15, 0.2) is 0 Å². The molecule has 0 aromatic carbocycles. The summed E-state index contributed by atoms with van der Waals surface area (Å²) in [5, 5.41) is 3.25. The Labute approximate surface area is 111 Å². The van der Waals surface area contributed by atoms with Gasteiger partial charge in [-0.1, -0.05) is 20.8 Å². The third-order valence-corrected chi connectivity index (χ3v) is 4.26. The summed E-state index contributed by atoms with van der Waals surface area (Å²) in [5.41, 5.74) is 0. The van der Waals surface area contributed by atoms with E-state index in [0.29, 0.717) is 23.8 Å². The van der Waals surface area contributed by atoms with Crippen LogP contribution in [0.25, 0.3) is 0 Å². The lowest BCUT2D eigenvalue weighted by Crippen LogP contribution is -2.51. The van der Waals surface area contributed by atoms with Crippen LogP contribution >= 0.6 is 12.4 Å². The van der Waals surface area contributed by atoms with Gasteiger partial charge in [-0.2, -0.15) is 0 Å². The van der Waals surface area contributed by atoms with E-state index in [9.17, 15) is 4.79 Å². The monoisotopic (exact) mass is 260 g/mol. The van der Waals surface area contributed by atoms with Crippen molar-refractivity contribution in [2.24, 2.45) is 17.8 Å². The fourth-order valence-electron chi connectivity index (χ4n) is 2.89. The second-order valence-corrected chi connectivity index (χ2v) is 5.69. The summed E-state index contributed by atoms with van der Waals surface area (Å²) < 4.78 is 0. The van der Waals surface area contributed by atoms with Crippen LogP contribution in [0.1, 0.15) is 33.6 Å². The molecule has 2 saturated heterocycles. The van der Waals surface area contributed by atoms with E-state index in [1.807, 2.05) is 0 Å². The van der Waals surface area contributed by atoms with Crippen LogP contribution in [0.3, 0.4) is 0 Å². The van der Waals surface area contributed by atoms with Gasteiger partial charge in [0.15, 0.2) is 0 Å². The van der Waals surface area contributed by atoms with Crippen LogP contribution in [0.4, 0.5) is 0 Å². The Morgan fingerprint density at radius 1 is 1.29 bits per heavy atom. The summed E-state index contributed by atoms with van der Waals surface area (Å²) in [6.45, 7) is 9.58. The van der Waals surface area contributed by atoms with Crippen molar-refractivity contribution in [1.82, 2.24) is 10.2 Å². The van der Waals surface area contributed by atoms with Crippen molar-refractivity contribution in [3.05, 3.63) is 0 Å². The SMILES string of the molecule is CC(C)C1CCCN1C(=O)C(C)C1CNC1.Cl. The molecule has 0 spiro atoms. The molecule has 2 fully saturated rings. The van der Waals surface area contributed by atoms with Crippen LogP contribution in [0, 0.1) is 17.8 Å². The van der Waals surface area contributed by atoms with Crippen molar-refractivity contribution in [2.75, 3.05) is 19.6 Å². The highest BCUT2D eigenvalue weighted by Gasteiger charge is 2.37. The molecule has 2 atom stereocenters. The Hall–Kier alpha value is -0.280. The number of rotatable bonds is 3. The molecule has 0 aromatic rings. The minimum absolute atomic E-state index is 0. The van der Waals surface area contributed by atoms with Crippen molar-refractivity contribution in [3.63, 3.8) is 0 Å². The Bertz CT molecular complexity index is 266. The molecule has 1 N–H and O–H groups in total. The smallest absolute Gasteiger partial charge is 0.226 e. The van der Waals surface area contributed by atoms with E-state index in [0.717, 1.165) is 19.6 Å². The zero-order valence-corrected chi connectivity index (χ0v) is 11.9. The third kappa shape index (κ3) is 2.94. The van der Waals surface area contributed by atoms with E-state index < -0.39 is 0 Å². The predicted octanol–water partition coefficient (Wildman–Crippen LogP) is 1.91. The highest BCUT2D eigenvalue weighted by Crippen LogP contribution is 2.28. The van der Waals surface area contributed by atoms with Gasteiger partial charge in [0.1, 0.15) is 0 Å². The molecule has 2 aliphatic rings. The summed E-state index contributed by atoms with van der Waals surface area (Å²) in [7, 11) is 0. The Balaban J connectivity index is 0.00000144. The van der Waals surface area contributed by atoms with Gasteiger partial charge in [0.05, 0.1) is 0 Å². The first-order chi connectivity index (χ1) is 7.61. The molecule has 2 aliphatic heterocycles. The molecule has 0 aromatic heterocycles. The highest BCUT2D eigenvalue weighted by molar-refractivity contribution is 5.85. The number of hydrogen-bond acceptors (Lipinski definition) is 2. The van der Waals surface area contributed by atoms with Gasteiger partial charge in [0.25, 0.3) is 0 Å². The van der Waals surface area contributed by atoms with Gasteiger partial charge in [-0.25, -0.2) is 0 Å². The average molecular weight is 261 g/mol. The maximum atomic E-state index is 12.4. The van der Waals surface area contributed by atoms with Gasteiger partial charge >= 0.3 is 0 Å². The maximum Gasteiger partial charge on any atom is 0.226 e. The lowest BCUT2D eigenvalue weighted by atomic mass is 9.87. The molecule has 0 saturated carbocycles. The largest absolute Gasteiger partial charge is 0.339 e. The quantitative estimate of drug-likeness (QED) is 0.841. The molecule has 1 amide bonds. The third-order valence-electron chi connectivity index (χ3n) is 4.26. The van der Waals surface area contributed by atoms with Crippen LogP contribution in [-0.2, 0) is 4.79 Å². The van der Waals surface area contributed by atoms with Crippen molar-refractivity contribution in [1.29, 1.82) is 0 Å². The molecule has 17 heavy (non-hydrogen) atoms. The number of amides is 1.